The Bertz CT molecular complexity index is 506. The van der Waals surface area contributed by atoms with Crippen molar-refractivity contribution in [2.24, 2.45) is 4.99 Å². The first-order chi connectivity index (χ1) is 12.2. The highest BCUT2D eigenvalue weighted by Gasteiger charge is 2.09. The third-order valence-electron chi connectivity index (χ3n) is 3.46. The molecule has 1 aromatic rings. The summed E-state index contributed by atoms with van der Waals surface area (Å²) in [6, 6.07) is 6.18. The molecule has 6 nitrogen and oxygen atoms in total. The number of ether oxygens (including phenoxy) is 3. The summed E-state index contributed by atoms with van der Waals surface area (Å²) in [4.78, 5) is 4.18. The van der Waals surface area contributed by atoms with Crippen LogP contribution in [0.5, 0.6) is 5.75 Å². The third-order valence-corrected chi connectivity index (χ3v) is 3.46. The largest absolute Gasteiger partial charge is 0.489 e. The standard InChI is InChI=1S/C18H30FN3O3.HI/c1-4-16(25-17-8-5-7-15(19)13-17)14-22-18(20-2)21-9-6-10-24-12-11-23-3;/h5,7-8,13,16H,4,6,9-12,14H2,1-3H3,(H2,20,21,22);1H. The third kappa shape index (κ3) is 11.5. The first kappa shape index (κ1) is 24.9. The molecule has 150 valence electrons. The number of rotatable bonds is 12. The summed E-state index contributed by atoms with van der Waals surface area (Å²) in [7, 11) is 3.38. The van der Waals surface area contributed by atoms with E-state index in [0.717, 1.165) is 19.4 Å². The zero-order chi connectivity index (χ0) is 18.3. The zero-order valence-corrected chi connectivity index (χ0v) is 18.1. The van der Waals surface area contributed by atoms with Gasteiger partial charge in [-0.15, -0.1) is 24.0 Å². The highest BCUT2D eigenvalue weighted by Crippen LogP contribution is 2.14. The van der Waals surface area contributed by atoms with Crippen molar-refractivity contribution in [3.8, 4) is 5.75 Å². The summed E-state index contributed by atoms with van der Waals surface area (Å²) < 4.78 is 29.3. The molecule has 1 aromatic carbocycles. The average Bonchev–Trinajstić information content (AvgIpc) is 2.62. The van der Waals surface area contributed by atoms with Crippen molar-refractivity contribution < 1.29 is 18.6 Å². The molecule has 0 saturated carbocycles. The van der Waals surface area contributed by atoms with E-state index in [1.54, 1.807) is 26.3 Å². The van der Waals surface area contributed by atoms with Gasteiger partial charge in [0.2, 0.25) is 0 Å². The number of nitrogens with zero attached hydrogens (tertiary/aromatic N) is 1. The molecule has 1 atom stereocenters. The summed E-state index contributed by atoms with van der Waals surface area (Å²) in [5.41, 5.74) is 0. The Morgan fingerprint density at radius 2 is 2.04 bits per heavy atom. The van der Waals surface area contributed by atoms with Crippen LogP contribution in [-0.2, 0) is 9.47 Å². The molecule has 0 aliphatic heterocycles. The summed E-state index contributed by atoms with van der Waals surface area (Å²) >= 11 is 0. The van der Waals surface area contributed by atoms with Gasteiger partial charge in [-0.2, -0.15) is 0 Å². The van der Waals surface area contributed by atoms with Gasteiger partial charge in [0.05, 0.1) is 19.8 Å². The maximum absolute atomic E-state index is 13.2. The minimum Gasteiger partial charge on any atom is -0.489 e. The van der Waals surface area contributed by atoms with Gasteiger partial charge >= 0.3 is 0 Å². The van der Waals surface area contributed by atoms with E-state index in [-0.39, 0.29) is 35.9 Å². The Morgan fingerprint density at radius 1 is 1.23 bits per heavy atom. The van der Waals surface area contributed by atoms with Gasteiger partial charge in [-0.05, 0) is 25.0 Å². The minimum atomic E-state index is -0.300. The normalized spacial score (nSPS) is 12.2. The first-order valence-electron chi connectivity index (χ1n) is 8.63. The molecular formula is C18H31FIN3O3. The molecule has 0 aliphatic carbocycles. The quantitative estimate of drug-likeness (QED) is 0.207. The van der Waals surface area contributed by atoms with E-state index < -0.39 is 0 Å². The van der Waals surface area contributed by atoms with Gasteiger partial charge in [-0.1, -0.05) is 13.0 Å². The van der Waals surface area contributed by atoms with Crippen LogP contribution in [0.4, 0.5) is 4.39 Å². The number of aliphatic imine (C=N–C) groups is 1. The van der Waals surface area contributed by atoms with E-state index in [2.05, 4.69) is 15.6 Å². The maximum Gasteiger partial charge on any atom is 0.191 e. The summed E-state index contributed by atoms with van der Waals surface area (Å²) in [5, 5.41) is 6.45. The van der Waals surface area contributed by atoms with E-state index in [0.29, 0.717) is 38.1 Å². The molecule has 26 heavy (non-hydrogen) atoms. The molecule has 0 amide bonds. The Balaban J connectivity index is 0.00000625. The Hall–Kier alpha value is -1.13. The van der Waals surface area contributed by atoms with Crippen molar-refractivity contribution in [2.75, 3.05) is 47.1 Å². The molecular weight excluding hydrogens is 452 g/mol. The number of hydrogen-bond donors (Lipinski definition) is 2. The van der Waals surface area contributed by atoms with Crippen molar-refractivity contribution in [3.05, 3.63) is 30.1 Å². The van der Waals surface area contributed by atoms with E-state index in [1.807, 2.05) is 6.92 Å². The predicted octanol–water partition coefficient (Wildman–Crippen LogP) is 2.82. The van der Waals surface area contributed by atoms with E-state index in [1.165, 1.54) is 12.1 Å². The van der Waals surface area contributed by atoms with Crippen molar-refractivity contribution in [3.63, 3.8) is 0 Å². The van der Waals surface area contributed by atoms with E-state index in [4.69, 9.17) is 14.2 Å². The summed E-state index contributed by atoms with van der Waals surface area (Å²) in [6.07, 6.45) is 1.60. The van der Waals surface area contributed by atoms with Crippen LogP contribution in [0, 0.1) is 5.82 Å². The van der Waals surface area contributed by atoms with Crippen molar-refractivity contribution in [2.45, 2.75) is 25.9 Å². The average molecular weight is 483 g/mol. The van der Waals surface area contributed by atoms with Crippen molar-refractivity contribution >= 4 is 29.9 Å². The molecule has 8 heteroatoms. The minimum absolute atomic E-state index is 0. The topological polar surface area (TPSA) is 64.1 Å². The summed E-state index contributed by atoms with van der Waals surface area (Å²) in [5.74, 6) is 0.938. The SMILES string of the molecule is CCC(CNC(=NC)NCCCOCCOC)Oc1cccc(F)c1.I. The molecule has 0 aliphatic rings. The van der Waals surface area contributed by atoms with Crippen LogP contribution in [0.25, 0.3) is 0 Å². The highest BCUT2D eigenvalue weighted by atomic mass is 127. The van der Waals surface area contributed by atoms with Gasteiger partial charge in [-0.3, -0.25) is 4.99 Å². The lowest BCUT2D eigenvalue weighted by atomic mass is 10.2. The van der Waals surface area contributed by atoms with Crippen LogP contribution in [-0.4, -0.2) is 59.1 Å². The van der Waals surface area contributed by atoms with Crippen molar-refractivity contribution in [1.29, 1.82) is 0 Å². The molecule has 0 heterocycles. The molecule has 0 radical (unpaired) electrons. The number of guanidine groups is 1. The Kier molecular flexibility index (Phi) is 15.4. The molecule has 0 bridgehead atoms. The smallest absolute Gasteiger partial charge is 0.191 e. The molecule has 0 fully saturated rings. The van der Waals surface area contributed by atoms with Gasteiger partial charge in [0.25, 0.3) is 0 Å². The number of methoxy groups -OCH3 is 1. The van der Waals surface area contributed by atoms with Gasteiger partial charge in [0, 0.05) is 33.4 Å². The fraction of sp³-hybridized carbons (Fsp3) is 0.611. The number of hydrogen-bond acceptors (Lipinski definition) is 4. The van der Waals surface area contributed by atoms with Crippen LogP contribution in [0.2, 0.25) is 0 Å². The molecule has 0 saturated heterocycles. The molecule has 0 aromatic heterocycles. The monoisotopic (exact) mass is 483 g/mol. The molecule has 0 spiro atoms. The van der Waals surface area contributed by atoms with Gasteiger partial charge in [-0.25, -0.2) is 4.39 Å². The second-order valence-corrected chi connectivity index (χ2v) is 5.44. The van der Waals surface area contributed by atoms with Crippen LogP contribution in [0.1, 0.15) is 19.8 Å². The lowest BCUT2D eigenvalue weighted by Crippen LogP contribution is -2.42. The maximum atomic E-state index is 13.2. The number of halogens is 2. The Labute approximate surface area is 172 Å². The van der Waals surface area contributed by atoms with Gasteiger partial charge < -0.3 is 24.8 Å². The lowest BCUT2D eigenvalue weighted by Gasteiger charge is -2.20. The van der Waals surface area contributed by atoms with Gasteiger partial charge in [0.15, 0.2) is 5.96 Å². The molecule has 1 unspecified atom stereocenters. The van der Waals surface area contributed by atoms with Crippen molar-refractivity contribution in [1.82, 2.24) is 10.6 Å². The van der Waals surface area contributed by atoms with E-state index in [9.17, 15) is 4.39 Å². The molecule has 1 rings (SSSR count). The van der Waals surface area contributed by atoms with E-state index >= 15 is 0 Å². The van der Waals surface area contributed by atoms with Crippen LogP contribution < -0.4 is 15.4 Å². The second kappa shape index (κ2) is 16.1. The Morgan fingerprint density at radius 3 is 2.69 bits per heavy atom. The molecule has 2 N–H and O–H groups in total. The first-order valence-corrected chi connectivity index (χ1v) is 8.63. The number of benzene rings is 1. The predicted molar refractivity (Wildman–Crippen MR) is 113 cm³/mol. The van der Waals surface area contributed by atoms with Crippen LogP contribution >= 0.6 is 24.0 Å². The fourth-order valence-electron chi connectivity index (χ4n) is 2.06. The van der Waals surface area contributed by atoms with Crippen LogP contribution in [0.15, 0.2) is 29.3 Å². The zero-order valence-electron chi connectivity index (χ0n) is 15.8. The van der Waals surface area contributed by atoms with Gasteiger partial charge in [0.1, 0.15) is 17.7 Å². The highest BCUT2D eigenvalue weighted by molar-refractivity contribution is 14.0. The second-order valence-electron chi connectivity index (χ2n) is 5.44. The lowest BCUT2D eigenvalue weighted by molar-refractivity contribution is 0.0698. The number of nitrogens with one attached hydrogen (secondary N) is 2. The summed E-state index contributed by atoms with van der Waals surface area (Å²) in [6.45, 7) is 5.26. The fourth-order valence-corrected chi connectivity index (χ4v) is 2.06. The van der Waals surface area contributed by atoms with Crippen LogP contribution in [0.3, 0.4) is 0 Å².